The zero-order valence-corrected chi connectivity index (χ0v) is 14.1. The van der Waals surface area contributed by atoms with E-state index in [4.69, 9.17) is 5.11 Å². The number of rotatable bonds is 6. The van der Waals surface area contributed by atoms with Gasteiger partial charge in [-0.3, -0.25) is 0 Å². The molecule has 5 nitrogen and oxygen atoms in total. The van der Waals surface area contributed by atoms with Gasteiger partial charge >= 0.3 is 6.03 Å². The number of carbonyl (C=O) groups excluding carboxylic acids is 1. The van der Waals surface area contributed by atoms with Crippen molar-refractivity contribution in [2.75, 3.05) is 39.3 Å². The average molecular weight is 311 g/mol. The summed E-state index contributed by atoms with van der Waals surface area (Å²) in [6, 6.07) is 0.269. The molecule has 0 aromatic rings. The van der Waals surface area contributed by atoms with Crippen LogP contribution in [0.25, 0.3) is 0 Å². The number of aliphatic hydroxyl groups is 1. The Kier molecular flexibility index (Phi) is 7.46. The van der Waals surface area contributed by atoms with Gasteiger partial charge in [0.05, 0.1) is 6.61 Å². The molecule has 1 saturated carbocycles. The maximum atomic E-state index is 12.1. The summed E-state index contributed by atoms with van der Waals surface area (Å²) in [6.45, 7) is 6.51. The molecule has 0 bridgehead atoms. The lowest BCUT2D eigenvalue weighted by atomic mass is 9.88. The molecule has 22 heavy (non-hydrogen) atoms. The number of urea groups is 1. The molecule has 0 aromatic heterocycles. The van der Waals surface area contributed by atoms with E-state index in [1.807, 2.05) is 6.92 Å². The normalized spacial score (nSPS) is 21.7. The maximum Gasteiger partial charge on any atom is 0.317 e. The monoisotopic (exact) mass is 311 g/mol. The first kappa shape index (κ1) is 17.5. The van der Waals surface area contributed by atoms with Gasteiger partial charge in [-0.2, -0.15) is 0 Å². The van der Waals surface area contributed by atoms with Crippen LogP contribution in [0.4, 0.5) is 4.79 Å². The Morgan fingerprint density at radius 3 is 2.45 bits per heavy atom. The number of hydrogen-bond acceptors (Lipinski definition) is 3. The van der Waals surface area contributed by atoms with E-state index >= 15 is 0 Å². The first-order valence-electron chi connectivity index (χ1n) is 9.11. The van der Waals surface area contributed by atoms with Crippen molar-refractivity contribution in [2.45, 2.75) is 57.9 Å². The van der Waals surface area contributed by atoms with Crippen LogP contribution in [0.1, 0.15) is 51.9 Å². The van der Waals surface area contributed by atoms with Crippen molar-refractivity contribution in [1.82, 2.24) is 15.1 Å². The van der Waals surface area contributed by atoms with Gasteiger partial charge in [0, 0.05) is 38.8 Å². The van der Waals surface area contributed by atoms with Crippen molar-refractivity contribution in [2.24, 2.45) is 5.92 Å². The quantitative estimate of drug-likeness (QED) is 0.789. The molecule has 2 amide bonds. The van der Waals surface area contributed by atoms with Crippen LogP contribution in [0, 0.1) is 5.92 Å². The van der Waals surface area contributed by atoms with Crippen LogP contribution < -0.4 is 5.32 Å². The van der Waals surface area contributed by atoms with Gasteiger partial charge in [-0.1, -0.05) is 19.3 Å². The Labute approximate surface area is 135 Å². The summed E-state index contributed by atoms with van der Waals surface area (Å²) in [5.74, 6) is 0.903. The van der Waals surface area contributed by atoms with Gasteiger partial charge in [0.1, 0.15) is 0 Å². The Balaban J connectivity index is 1.66. The minimum Gasteiger partial charge on any atom is -0.395 e. The van der Waals surface area contributed by atoms with E-state index in [-0.39, 0.29) is 12.6 Å². The third-order valence-electron chi connectivity index (χ3n) is 5.20. The van der Waals surface area contributed by atoms with Gasteiger partial charge in [-0.05, 0) is 38.5 Å². The van der Waals surface area contributed by atoms with E-state index in [9.17, 15) is 4.79 Å². The summed E-state index contributed by atoms with van der Waals surface area (Å²) in [6.07, 6.45) is 9.16. The second-order valence-electron chi connectivity index (χ2n) is 6.83. The fourth-order valence-corrected chi connectivity index (χ4v) is 3.78. The molecule has 1 aliphatic heterocycles. The molecule has 0 atom stereocenters. The molecule has 2 rings (SSSR count). The highest BCUT2D eigenvalue weighted by Gasteiger charge is 2.24. The zero-order chi connectivity index (χ0) is 15.8. The number of amides is 2. The Morgan fingerprint density at radius 2 is 1.86 bits per heavy atom. The lowest BCUT2D eigenvalue weighted by Gasteiger charge is -2.36. The van der Waals surface area contributed by atoms with Gasteiger partial charge in [0.15, 0.2) is 0 Å². The Bertz CT molecular complexity index is 324. The van der Waals surface area contributed by atoms with Crippen molar-refractivity contribution >= 4 is 6.03 Å². The van der Waals surface area contributed by atoms with Crippen molar-refractivity contribution in [3.63, 3.8) is 0 Å². The summed E-state index contributed by atoms with van der Waals surface area (Å²) >= 11 is 0. The summed E-state index contributed by atoms with van der Waals surface area (Å²) < 4.78 is 0. The molecule has 0 spiro atoms. The van der Waals surface area contributed by atoms with Crippen LogP contribution in [0.3, 0.4) is 0 Å². The number of nitrogens with zero attached hydrogens (tertiary/aromatic N) is 2. The third kappa shape index (κ3) is 5.43. The van der Waals surface area contributed by atoms with Gasteiger partial charge in [-0.15, -0.1) is 0 Å². The third-order valence-corrected chi connectivity index (χ3v) is 5.20. The van der Waals surface area contributed by atoms with E-state index in [2.05, 4.69) is 10.2 Å². The van der Waals surface area contributed by atoms with Gasteiger partial charge in [0.25, 0.3) is 0 Å². The molecule has 5 heteroatoms. The van der Waals surface area contributed by atoms with Crippen LogP contribution in [0.2, 0.25) is 0 Å². The highest BCUT2D eigenvalue weighted by atomic mass is 16.3. The van der Waals surface area contributed by atoms with Crippen molar-refractivity contribution < 1.29 is 9.90 Å². The SMILES string of the molecule is CCN(CCO)C(=O)NC1CCN(CC2CCCCC2)CC1. The van der Waals surface area contributed by atoms with Crippen LogP contribution in [-0.4, -0.2) is 66.3 Å². The number of aliphatic hydroxyl groups excluding tert-OH is 1. The summed E-state index contributed by atoms with van der Waals surface area (Å²) in [7, 11) is 0. The van der Waals surface area contributed by atoms with Crippen LogP contribution >= 0.6 is 0 Å². The molecule has 2 aliphatic rings. The molecule has 1 aliphatic carbocycles. The molecule has 128 valence electrons. The molecular formula is C17H33N3O2. The summed E-state index contributed by atoms with van der Waals surface area (Å²) in [4.78, 5) is 16.4. The number of likely N-dealkylation sites (N-methyl/N-ethyl adjacent to an activating group) is 1. The van der Waals surface area contributed by atoms with Crippen molar-refractivity contribution in [1.29, 1.82) is 0 Å². The minimum atomic E-state index is -0.0257. The lowest BCUT2D eigenvalue weighted by molar-refractivity contribution is 0.146. The smallest absolute Gasteiger partial charge is 0.317 e. The second-order valence-corrected chi connectivity index (χ2v) is 6.83. The summed E-state index contributed by atoms with van der Waals surface area (Å²) in [5.41, 5.74) is 0. The van der Waals surface area contributed by atoms with Crippen LogP contribution in [0.5, 0.6) is 0 Å². The number of hydrogen-bond donors (Lipinski definition) is 2. The summed E-state index contributed by atoms with van der Waals surface area (Å²) in [5, 5.41) is 12.1. The Hall–Kier alpha value is -0.810. The fraction of sp³-hybridized carbons (Fsp3) is 0.941. The minimum absolute atomic E-state index is 0.0257. The van der Waals surface area contributed by atoms with E-state index in [1.165, 1.54) is 38.6 Å². The molecule has 1 heterocycles. The topological polar surface area (TPSA) is 55.8 Å². The highest BCUT2D eigenvalue weighted by Crippen LogP contribution is 2.25. The molecule has 2 N–H and O–H groups in total. The number of carbonyl (C=O) groups is 1. The molecule has 0 unspecified atom stereocenters. The molecule has 2 fully saturated rings. The predicted molar refractivity (Wildman–Crippen MR) is 88.9 cm³/mol. The first-order valence-corrected chi connectivity index (χ1v) is 9.11. The highest BCUT2D eigenvalue weighted by molar-refractivity contribution is 5.74. The van der Waals surface area contributed by atoms with E-state index in [0.717, 1.165) is 31.8 Å². The molecular weight excluding hydrogens is 278 g/mol. The first-order chi connectivity index (χ1) is 10.7. The van der Waals surface area contributed by atoms with E-state index in [0.29, 0.717) is 19.1 Å². The average Bonchev–Trinajstić information content (AvgIpc) is 2.55. The largest absolute Gasteiger partial charge is 0.395 e. The van der Waals surface area contributed by atoms with Crippen molar-refractivity contribution in [3.8, 4) is 0 Å². The number of likely N-dealkylation sites (tertiary alicyclic amines) is 1. The fourth-order valence-electron chi connectivity index (χ4n) is 3.78. The van der Waals surface area contributed by atoms with E-state index in [1.54, 1.807) is 4.90 Å². The van der Waals surface area contributed by atoms with Crippen LogP contribution in [0.15, 0.2) is 0 Å². The van der Waals surface area contributed by atoms with Crippen LogP contribution in [-0.2, 0) is 0 Å². The van der Waals surface area contributed by atoms with E-state index < -0.39 is 0 Å². The van der Waals surface area contributed by atoms with Gasteiger partial charge < -0.3 is 20.2 Å². The standard InChI is InChI=1S/C17H33N3O2/c1-2-20(12-13-21)17(22)18-16-8-10-19(11-9-16)14-15-6-4-3-5-7-15/h15-16,21H,2-14H2,1H3,(H,18,22). The molecule has 0 aromatic carbocycles. The van der Waals surface area contributed by atoms with Crippen molar-refractivity contribution in [3.05, 3.63) is 0 Å². The lowest BCUT2D eigenvalue weighted by Crippen LogP contribution is -2.50. The number of nitrogens with one attached hydrogen (secondary N) is 1. The van der Waals surface area contributed by atoms with Gasteiger partial charge in [-0.25, -0.2) is 4.79 Å². The molecule has 0 radical (unpaired) electrons. The molecule has 1 saturated heterocycles. The Morgan fingerprint density at radius 1 is 1.18 bits per heavy atom. The second kappa shape index (κ2) is 9.36. The zero-order valence-electron chi connectivity index (χ0n) is 14.1. The number of piperidine rings is 1. The maximum absolute atomic E-state index is 12.1. The predicted octanol–water partition coefficient (Wildman–Crippen LogP) is 2.05. The van der Waals surface area contributed by atoms with Gasteiger partial charge in [0.2, 0.25) is 0 Å².